The first kappa shape index (κ1) is 48.6. The zero-order chi connectivity index (χ0) is 39.9. The standard InChI is InChI=1S/C41H62O12S/c1-3-5-7-9-11-13-15-17-19-21-23-25-27-29-36(42)50-31-34(32-51-41-40(46)39(45)38(44)35(53-41)33-54(47,48)49)52-37(43)30-28-26-24-22-20-18-16-14-12-10-8-6-4-2/h5-17,19,21,23,34-35,38-41,44-46H,3-4,18,20,22,24-33H2,1-2H3,(H,47,48,49)/b7-5+,8-6+,11-9+,12-10+,15-13+,16-14+,19-17+,23-21+/t34?,35-,38-,39?,40?,41+/m0/s1. The summed E-state index contributed by atoms with van der Waals surface area (Å²) in [7, 11) is -4.61. The fourth-order valence-corrected chi connectivity index (χ4v) is 5.63. The average molecular weight is 779 g/mol. The number of carbonyl (C=O) groups is 2. The molecule has 0 spiro atoms. The number of hydrogen-bond acceptors (Lipinski definition) is 11. The summed E-state index contributed by atoms with van der Waals surface area (Å²) in [6, 6.07) is 0. The van der Waals surface area contributed by atoms with Gasteiger partial charge in [-0.05, 0) is 44.9 Å². The van der Waals surface area contributed by atoms with Crippen LogP contribution < -0.4 is 0 Å². The molecule has 6 atom stereocenters. The molecule has 13 heteroatoms. The number of esters is 2. The molecule has 1 heterocycles. The summed E-state index contributed by atoms with van der Waals surface area (Å²) in [5, 5.41) is 30.7. The number of unbranched alkanes of at least 4 members (excludes halogenated alkanes) is 6. The van der Waals surface area contributed by atoms with Gasteiger partial charge in [0.1, 0.15) is 36.8 Å². The maximum Gasteiger partial charge on any atom is 0.306 e. The van der Waals surface area contributed by atoms with Crippen molar-refractivity contribution in [3.05, 3.63) is 97.2 Å². The van der Waals surface area contributed by atoms with Gasteiger partial charge in [0.05, 0.1) is 6.61 Å². The highest BCUT2D eigenvalue weighted by Crippen LogP contribution is 2.23. The molecule has 0 amide bonds. The third kappa shape index (κ3) is 25.6. The molecule has 0 saturated carbocycles. The van der Waals surface area contributed by atoms with Crippen LogP contribution in [0.5, 0.6) is 0 Å². The number of ether oxygens (including phenoxy) is 4. The average Bonchev–Trinajstić information content (AvgIpc) is 3.13. The van der Waals surface area contributed by atoms with E-state index in [-0.39, 0.29) is 19.4 Å². The van der Waals surface area contributed by atoms with Crippen LogP contribution in [0.25, 0.3) is 0 Å². The lowest BCUT2D eigenvalue weighted by Gasteiger charge is -2.40. The van der Waals surface area contributed by atoms with Crippen molar-refractivity contribution < 1.29 is 56.8 Å². The highest BCUT2D eigenvalue weighted by atomic mass is 32.2. The fraction of sp³-hybridized carbons (Fsp3) is 0.561. The molecule has 0 radical (unpaired) electrons. The van der Waals surface area contributed by atoms with Crippen molar-refractivity contribution in [3.63, 3.8) is 0 Å². The van der Waals surface area contributed by atoms with Gasteiger partial charge in [-0.1, -0.05) is 130 Å². The molecule has 3 unspecified atom stereocenters. The highest BCUT2D eigenvalue weighted by Gasteiger charge is 2.46. The number of allylic oxidation sites excluding steroid dienone is 16. The van der Waals surface area contributed by atoms with Gasteiger partial charge in [-0.3, -0.25) is 14.1 Å². The van der Waals surface area contributed by atoms with E-state index in [2.05, 4.69) is 32.1 Å². The second kappa shape index (κ2) is 30.8. The van der Waals surface area contributed by atoms with Crippen molar-refractivity contribution in [2.75, 3.05) is 19.0 Å². The topological polar surface area (TPSA) is 186 Å². The van der Waals surface area contributed by atoms with Gasteiger partial charge < -0.3 is 34.3 Å². The number of carbonyl (C=O) groups excluding carboxylic acids is 2. The quantitative estimate of drug-likeness (QED) is 0.0300. The Labute approximate surface area is 322 Å². The lowest BCUT2D eigenvalue weighted by Crippen LogP contribution is -2.60. The number of aliphatic hydroxyl groups excluding tert-OH is 3. The van der Waals surface area contributed by atoms with E-state index in [9.17, 15) is 37.9 Å². The maximum atomic E-state index is 12.7. The fourth-order valence-electron chi connectivity index (χ4n) is 4.94. The molecule has 1 saturated heterocycles. The number of hydrogen-bond donors (Lipinski definition) is 4. The summed E-state index contributed by atoms with van der Waals surface area (Å²) in [4.78, 5) is 25.2. The molecular weight excluding hydrogens is 717 g/mol. The Morgan fingerprint density at radius 3 is 1.70 bits per heavy atom. The summed E-state index contributed by atoms with van der Waals surface area (Å²) in [5.74, 6) is -2.13. The van der Waals surface area contributed by atoms with E-state index >= 15 is 0 Å². The van der Waals surface area contributed by atoms with Crippen LogP contribution in [0.4, 0.5) is 0 Å². The molecule has 0 aromatic rings. The molecule has 304 valence electrons. The van der Waals surface area contributed by atoms with Crippen LogP contribution in [-0.2, 0) is 38.7 Å². The monoisotopic (exact) mass is 778 g/mol. The zero-order valence-corrected chi connectivity index (χ0v) is 32.6. The maximum absolute atomic E-state index is 12.7. The van der Waals surface area contributed by atoms with Crippen LogP contribution in [0.1, 0.15) is 90.9 Å². The van der Waals surface area contributed by atoms with Crippen molar-refractivity contribution in [2.24, 2.45) is 0 Å². The Balaban J connectivity index is 2.62. The van der Waals surface area contributed by atoms with E-state index in [1.807, 2.05) is 79.0 Å². The lowest BCUT2D eigenvalue weighted by molar-refractivity contribution is -0.297. The Morgan fingerprint density at radius 1 is 0.630 bits per heavy atom. The first-order chi connectivity index (χ1) is 26.0. The Morgan fingerprint density at radius 2 is 1.13 bits per heavy atom. The third-order valence-electron chi connectivity index (χ3n) is 7.85. The van der Waals surface area contributed by atoms with Crippen LogP contribution in [0.3, 0.4) is 0 Å². The minimum absolute atomic E-state index is 0.111. The Kier molecular flexibility index (Phi) is 27.8. The van der Waals surface area contributed by atoms with E-state index in [1.165, 1.54) is 0 Å². The van der Waals surface area contributed by atoms with Gasteiger partial charge in [-0.15, -0.1) is 0 Å². The van der Waals surface area contributed by atoms with E-state index < -0.39 is 71.2 Å². The lowest BCUT2D eigenvalue weighted by atomic mass is 10.00. The molecule has 4 N–H and O–H groups in total. The molecule has 1 aliphatic rings. The zero-order valence-electron chi connectivity index (χ0n) is 31.8. The molecule has 0 aromatic heterocycles. The van der Waals surface area contributed by atoms with Crippen molar-refractivity contribution in [3.8, 4) is 0 Å². The number of aliphatic hydroxyl groups is 3. The second-order valence-electron chi connectivity index (χ2n) is 12.7. The third-order valence-corrected chi connectivity index (χ3v) is 8.60. The summed E-state index contributed by atoms with van der Waals surface area (Å²) < 4.78 is 53.7. The first-order valence-corrected chi connectivity index (χ1v) is 20.5. The predicted molar refractivity (Wildman–Crippen MR) is 210 cm³/mol. The Bertz CT molecular complexity index is 1380. The van der Waals surface area contributed by atoms with Crippen LogP contribution >= 0.6 is 0 Å². The molecule has 0 bridgehead atoms. The van der Waals surface area contributed by atoms with Crippen molar-refractivity contribution in [1.29, 1.82) is 0 Å². The molecule has 1 fully saturated rings. The van der Waals surface area contributed by atoms with Gasteiger partial charge >= 0.3 is 11.9 Å². The molecule has 1 rings (SSSR count). The molecule has 54 heavy (non-hydrogen) atoms. The van der Waals surface area contributed by atoms with Gasteiger partial charge in [0.2, 0.25) is 0 Å². The summed E-state index contributed by atoms with van der Waals surface area (Å²) >= 11 is 0. The Hall–Kier alpha value is -3.43. The van der Waals surface area contributed by atoms with Crippen molar-refractivity contribution >= 4 is 22.1 Å². The van der Waals surface area contributed by atoms with E-state index in [0.29, 0.717) is 19.3 Å². The van der Waals surface area contributed by atoms with Crippen LogP contribution in [0.2, 0.25) is 0 Å². The van der Waals surface area contributed by atoms with E-state index in [4.69, 9.17) is 18.9 Å². The minimum Gasteiger partial charge on any atom is -0.462 e. The van der Waals surface area contributed by atoms with Crippen LogP contribution in [0, 0.1) is 0 Å². The largest absolute Gasteiger partial charge is 0.462 e. The van der Waals surface area contributed by atoms with Gasteiger partial charge in [0.25, 0.3) is 10.1 Å². The van der Waals surface area contributed by atoms with E-state index in [1.54, 1.807) is 0 Å². The molecule has 12 nitrogen and oxygen atoms in total. The summed E-state index contributed by atoms with van der Waals surface area (Å²) in [5.41, 5.74) is 0. The van der Waals surface area contributed by atoms with Crippen molar-refractivity contribution in [2.45, 2.75) is 128 Å². The second-order valence-corrected chi connectivity index (χ2v) is 14.2. The highest BCUT2D eigenvalue weighted by molar-refractivity contribution is 7.85. The van der Waals surface area contributed by atoms with Crippen LogP contribution in [-0.4, -0.2) is 96.0 Å². The minimum atomic E-state index is -4.61. The molecule has 0 aliphatic carbocycles. The van der Waals surface area contributed by atoms with Gasteiger partial charge in [-0.2, -0.15) is 8.42 Å². The predicted octanol–water partition coefficient (Wildman–Crippen LogP) is 6.32. The molecule has 0 aromatic carbocycles. The van der Waals surface area contributed by atoms with Crippen molar-refractivity contribution in [1.82, 2.24) is 0 Å². The van der Waals surface area contributed by atoms with Crippen LogP contribution in [0.15, 0.2) is 97.2 Å². The van der Waals surface area contributed by atoms with Gasteiger partial charge in [0.15, 0.2) is 12.4 Å². The van der Waals surface area contributed by atoms with Gasteiger partial charge in [0, 0.05) is 12.8 Å². The summed E-state index contributed by atoms with van der Waals surface area (Å²) in [6.07, 6.45) is 30.5. The first-order valence-electron chi connectivity index (χ1n) is 18.9. The van der Waals surface area contributed by atoms with E-state index in [0.717, 1.165) is 44.9 Å². The summed E-state index contributed by atoms with van der Waals surface area (Å²) in [6.45, 7) is 3.35. The normalized spacial score (nSPS) is 22.1. The SMILES string of the molecule is CC/C=C/C=C/C=C/C=C/C=C/CCCC(=O)OCC(CO[C@@H]1O[C@@H](CS(=O)(=O)O)[C@H](O)C(O)C1O)OC(=O)CCCCCCC/C=C/C=C/C=C/CC. The molecule has 1 aliphatic heterocycles. The smallest absolute Gasteiger partial charge is 0.306 e. The number of rotatable bonds is 28. The molecular formula is C41H62O12S. The van der Waals surface area contributed by atoms with Gasteiger partial charge in [-0.25, -0.2) is 0 Å².